The molecule has 0 aromatic heterocycles. The Balaban J connectivity index is 1.94. The number of carboxylic acids is 1. The van der Waals surface area contributed by atoms with E-state index in [0.29, 0.717) is 26.1 Å². The molecule has 15 N–H and O–H groups in total. The number of fused-ring (bicyclic) bond motifs is 2. The van der Waals surface area contributed by atoms with Crippen LogP contribution in [0.4, 0.5) is 0 Å². The van der Waals surface area contributed by atoms with Crippen molar-refractivity contribution in [3.05, 3.63) is 85.1 Å². The molecule has 3 aliphatic rings. The number of aliphatic hydroxyl groups excluding tert-OH is 9. The normalized spacial score (nSPS) is 39.2. The van der Waals surface area contributed by atoms with Crippen LogP contribution in [0.1, 0.15) is 85.5 Å². The molecular formula is C52H85N3O17. The van der Waals surface area contributed by atoms with Gasteiger partial charge in [0.1, 0.15) is 18.1 Å². The number of carbonyl (C=O) groups excluding carboxylic acids is 1. The Hall–Kier alpha value is -3.52. The fourth-order valence-corrected chi connectivity index (χ4v) is 9.22. The smallest absolute Gasteiger partial charge is 0.311 e. The molecule has 20 heteroatoms. The fraction of sp³-hybridized carbons (Fsp3) is 0.692. The first-order chi connectivity index (χ1) is 34.1. The third kappa shape index (κ3) is 21.0. The Morgan fingerprint density at radius 1 is 0.681 bits per heavy atom. The van der Waals surface area contributed by atoms with E-state index in [0.717, 1.165) is 0 Å². The number of aliphatic hydroxyl groups is 10. The molecule has 19 atom stereocenters. The molecule has 1 unspecified atom stereocenters. The summed E-state index contributed by atoms with van der Waals surface area (Å²) in [6, 6.07) is -0.893. The van der Waals surface area contributed by atoms with Gasteiger partial charge in [0.05, 0.1) is 79.6 Å². The van der Waals surface area contributed by atoms with Crippen LogP contribution in [0.5, 0.6) is 0 Å². The maximum atomic E-state index is 12.7. The number of nitrogens with two attached hydrogens (primary N) is 2. The van der Waals surface area contributed by atoms with E-state index in [1.807, 2.05) is 36.1 Å². The molecule has 410 valence electrons. The van der Waals surface area contributed by atoms with Gasteiger partial charge in [0.15, 0.2) is 12.1 Å². The summed E-state index contributed by atoms with van der Waals surface area (Å²) in [5.41, 5.74) is 11.7. The number of carbonyl (C=O) groups is 2. The summed E-state index contributed by atoms with van der Waals surface area (Å²) < 4.78 is 23.8. The number of hydrogen-bond donors (Lipinski definition) is 13. The van der Waals surface area contributed by atoms with Gasteiger partial charge in [0.2, 0.25) is 0 Å². The van der Waals surface area contributed by atoms with E-state index in [-0.39, 0.29) is 38.1 Å². The lowest BCUT2D eigenvalue weighted by Crippen LogP contribution is -2.64. The Morgan fingerprint density at radius 3 is 1.86 bits per heavy atom. The van der Waals surface area contributed by atoms with Crippen LogP contribution < -0.4 is 11.5 Å². The minimum Gasteiger partial charge on any atom is -0.481 e. The minimum atomic E-state index is -2.34. The highest BCUT2D eigenvalue weighted by Crippen LogP contribution is 2.38. The number of aliphatic carboxylic acids is 1. The molecule has 0 saturated carbocycles. The predicted molar refractivity (Wildman–Crippen MR) is 267 cm³/mol. The van der Waals surface area contributed by atoms with E-state index >= 15 is 0 Å². The largest absolute Gasteiger partial charge is 0.481 e. The Kier molecular flexibility index (Phi) is 27.9. The molecule has 20 nitrogen and oxygen atoms in total. The summed E-state index contributed by atoms with van der Waals surface area (Å²) in [5.74, 6) is -6.88. The van der Waals surface area contributed by atoms with Gasteiger partial charge in [-0.1, -0.05) is 98.9 Å². The molecule has 0 radical (unpaired) electrons. The molecule has 2 bridgehead atoms. The minimum absolute atomic E-state index is 0.112. The number of allylic oxidation sites excluding steroid dienone is 12. The van der Waals surface area contributed by atoms with Gasteiger partial charge in [-0.25, -0.2) is 0 Å². The second kappa shape index (κ2) is 32.0. The second-order valence-electron chi connectivity index (χ2n) is 19.4. The summed E-state index contributed by atoms with van der Waals surface area (Å²) >= 11 is 0. The highest BCUT2D eigenvalue weighted by molar-refractivity contribution is 5.71. The molecule has 3 heterocycles. The quantitative estimate of drug-likeness (QED) is 0.139. The monoisotopic (exact) mass is 1020 g/mol. The van der Waals surface area contributed by atoms with E-state index in [9.17, 15) is 65.8 Å². The van der Waals surface area contributed by atoms with Gasteiger partial charge in [0.25, 0.3) is 0 Å². The van der Waals surface area contributed by atoms with Crippen LogP contribution in [0.15, 0.2) is 85.1 Å². The molecular weight excluding hydrogens is 939 g/mol. The van der Waals surface area contributed by atoms with Crippen molar-refractivity contribution in [3.63, 3.8) is 0 Å². The van der Waals surface area contributed by atoms with Crippen LogP contribution in [0.25, 0.3) is 0 Å². The van der Waals surface area contributed by atoms with Gasteiger partial charge in [-0.2, -0.15) is 0 Å². The molecule has 3 aliphatic heterocycles. The van der Waals surface area contributed by atoms with Crippen LogP contribution in [0, 0.1) is 17.8 Å². The maximum Gasteiger partial charge on any atom is 0.311 e. The zero-order chi connectivity index (χ0) is 53.5. The molecule has 2 saturated heterocycles. The molecule has 0 amide bonds. The first kappa shape index (κ1) is 62.8. The molecule has 3 rings (SSSR count). The number of esters is 1. The van der Waals surface area contributed by atoms with Crippen LogP contribution >= 0.6 is 0 Å². The lowest BCUT2D eigenvalue weighted by Gasteiger charge is -2.47. The molecule has 0 aromatic rings. The van der Waals surface area contributed by atoms with Crippen molar-refractivity contribution in [1.29, 1.82) is 0 Å². The third-order valence-corrected chi connectivity index (χ3v) is 13.4. The highest BCUT2D eigenvalue weighted by Gasteiger charge is 2.51. The topological polar surface area (TPSA) is 349 Å². The molecule has 72 heavy (non-hydrogen) atoms. The highest BCUT2D eigenvalue weighted by atomic mass is 16.7. The standard InChI is InChI=1S/C52H85N3O17/c1-32-18-15-13-11-9-7-5-6-8-10-12-14-16-19-39(71-51-49(65)46(48(64)35(4)70-51)55(25-23-54)24-17-22-53)29-43-45(50(66)67)42(61)31-52(68,72-43)30-38(58)27-41(60)40(59)21-20-36(56)26-37(57)28-44(62)69-34(3)33(2)47(32)63/h5-16,18-19,32-43,45-49,51,56-61,63-65,68H,17,20-31,53-54H2,1-4H3,(H,66,67)/t32-,33-,34-,35+,36+,37+,38-,39-,40+,41+,42-,43?,45+,46-,47+,48+,49-,51-,52+/m0/s1. The maximum absolute atomic E-state index is 12.7. The van der Waals surface area contributed by atoms with E-state index in [2.05, 4.69) is 0 Å². The Labute approximate surface area is 423 Å². The SMILES string of the molecule is C[C@@H]1[C@H](O)[C@@H](C)C=CC=CC=CC=CC=CC=CC=C[C@H](O[C@@H]2O[C@H](C)[C@@H](O)[C@H](N(CCN)CCCN)[C@@H]2O)CC2O[C@](O)(C[C@@H](O)C[C@@H](O)[C@H](O)CC[C@@H](O)C[C@@H](O)CC(=O)O[C@H]1C)C[C@H](O)[C@H]2C(=O)O. The van der Waals surface area contributed by atoms with E-state index in [1.165, 1.54) is 0 Å². The van der Waals surface area contributed by atoms with Gasteiger partial charge in [-0.15, -0.1) is 0 Å². The number of hydrogen-bond acceptors (Lipinski definition) is 19. The zero-order valence-electron chi connectivity index (χ0n) is 42.1. The lowest BCUT2D eigenvalue weighted by atomic mass is 9.82. The average molecular weight is 1020 g/mol. The van der Waals surface area contributed by atoms with Crippen LogP contribution in [0.2, 0.25) is 0 Å². The van der Waals surface area contributed by atoms with Gasteiger partial charge in [0, 0.05) is 50.6 Å². The summed E-state index contributed by atoms with van der Waals surface area (Å²) in [6.45, 7) is 8.11. The zero-order valence-corrected chi connectivity index (χ0v) is 42.1. The lowest BCUT2D eigenvalue weighted by molar-refractivity contribution is -0.312. The first-order valence-electron chi connectivity index (χ1n) is 25.2. The van der Waals surface area contributed by atoms with Crippen molar-refractivity contribution in [3.8, 4) is 0 Å². The Bertz CT molecular complexity index is 1810. The van der Waals surface area contributed by atoms with Crippen molar-refractivity contribution >= 4 is 11.9 Å². The number of carboxylic acid groups (broad SMARTS) is 1. The van der Waals surface area contributed by atoms with Crippen molar-refractivity contribution in [1.82, 2.24) is 4.90 Å². The first-order valence-corrected chi connectivity index (χ1v) is 25.2. The Morgan fingerprint density at radius 2 is 1.28 bits per heavy atom. The van der Waals surface area contributed by atoms with Gasteiger partial charge in [-0.05, 0) is 52.6 Å². The van der Waals surface area contributed by atoms with Crippen LogP contribution in [-0.4, -0.2) is 197 Å². The van der Waals surface area contributed by atoms with E-state index < -0.39 is 147 Å². The average Bonchev–Trinajstić information content (AvgIpc) is 3.29. The second-order valence-corrected chi connectivity index (χ2v) is 19.4. The number of rotatable bonds is 9. The summed E-state index contributed by atoms with van der Waals surface area (Å²) in [5, 5.41) is 121. The molecule has 0 aromatic carbocycles. The van der Waals surface area contributed by atoms with Gasteiger partial charge >= 0.3 is 11.9 Å². The van der Waals surface area contributed by atoms with Gasteiger partial charge < -0.3 is 86.6 Å². The predicted octanol–water partition coefficient (Wildman–Crippen LogP) is 0.363. The van der Waals surface area contributed by atoms with Crippen molar-refractivity contribution in [2.45, 2.75) is 183 Å². The van der Waals surface area contributed by atoms with E-state index in [4.69, 9.17) is 30.4 Å². The molecule has 0 aliphatic carbocycles. The van der Waals surface area contributed by atoms with Gasteiger partial charge in [-0.3, -0.25) is 14.5 Å². The number of cyclic esters (lactones) is 1. The molecule has 2 fully saturated rings. The number of ether oxygens (including phenoxy) is 4. The van der Waals surface area contributed by atoms with Crippen LogP contribution in [-0.2, 0) is 28.5 Å². The summed E-state index contributed by atoms with van der Waals surface area (Å²) in [6.07, 6.45) is 4.13. The van der Waals surface area contributed by atoms with Crippen LogP contribution in [0.3, 0.4) is 0 Å². The van der Waals surface area contributed by atoms with Crippen molar-refractivity contribution in [2.24, 2.45) is 29.2 Å². The summed E-state index contributed by atoms with van der Waals surface area (Å²) in [4.78, 5) is 27.2. The summed E-state index contributed by atoms with van der Waals surface area (Å²) in [7, 11) is 0. The number of nitrogens with zero attached hydrogens (tertiary/aromatic N) is 1. The van der Waals surface area contributed by atoms with E-state index in [1.54, 1.807) is 81.5 Å². The third-order valence-electron chi connectivity index (χ3n) is 13.4. The van der Waals surface area contributed by atoms with Crippen molar-refractivity contribution in [2.75, 3.05) is 26.2 Å². The molecule has 0 spiro atoms. The fourth-order valence-electron chi connectivity index (χ4n) is 9.22. The van der Waals surface area contributed by atoms with Crippen molar-refractivity contribution < 1.29 is 84.7 Å².